The van der Waals surface area contributed by atoms with Crippen LogP contribution in [0.1, 0.15) is 31.9 Å². The number of aliphatic hydroxyl groups is 2. The second kappa shape index (κ2) is 7.36. The first kappa shape index (κ1) is 15.0. The normalized spacial score (nSPS) is 16.1. The van der Waals surface area contributed by atoms with E-state index in [-0.39, 0.29) is 12.1 Å². The molecule has 3 atom stereocenters. The van der Waals surface area contributed by atoms with Gasteiger partial charge in [-0.25, -0.2) is 0 Å². The van der Waals surface area contributed by atoms with E-state index in [0.717, 1.165) is 11.3 Å². The van der Waals surface area contributed by atoms with Crippen LogP contribution in [0, 0.1) is 0 Å². The number of aliphatic hydroxyl groups excluding tert-OH is 2. The Hall–Kier alpha value is -1.10. The van der Waals surface area contributed by atoms with Crippen LogP contribution in [0.5, 0.6) is 5.75 Å². The van der Waals surface area contributed by atoms with Crippen molar-refractivity contribution in [1.29, 1.82) is 0 Å². The topological polar surface area (TPSA) is 61.7 Å². The van der Waals surface area contributed by atoms with Crippen molar-refractivity contribution in [3.63, 3.8) is 0 Å². The highest BCUT2D eigenvalue weighted by Crippen LogP contribution is 2.17. The maximum atomic E-state index is 10.0. The molecule has 0 fully saturated rings. The van der Waals surface area contributed by atoms with Crippen molar-refractivity contribution in [2.45, 2.75) is 38.5 Å². The van der Waals surface area contributed by atoms with Crippen molar-refractivity contribution in [1.82, 2.24) is 5.32 Å². The van der Waals surface area contributed by atoms with Gasteiger partial charge in [-0.05, 0) is 38.0 Å². The fourth-order valence-electron chi connectivity index (χ4n) is 1.85. The summed E-state index contributed by atoms with van der Waals surface area (Å²) in [6, 6.07) is 7.54. The Kier molecular flexibility index (Phi) is 6.12. The van der Waals surface area contributed by atoms with Crippen LogP contribution in [0.15, 0.2) is 24.3 Å². The van der Waals surface area contributed by atoms with Crippen LogP contribution in [0.3, 0.4) is 0 Å². The average Bonchev–Trinajstić information content (AvgIpc) is 2.35. The smallest absolute Gasteiger partial charge is 0.118 e. The van der Waals surface area contributed by atoms with Gasteiger partial charge in [-0.3, -0.25) is 0 Å². The molecule has 0 amide bonds. The molecule has 102 valence electrons. The summed E-state index contributed by atoms with van der Waals surface area (Å²) in [6.45, 7) is 4.23. The Balaban J connectivity index is 2.42. The van der Waals surface area contributed by atoms with Crippen LogP contribution in [0.2, 0.25) is 0 Å². The molecule has 4 nitrogen and oxygen atoms in total. The average molecular weight is 253 g/mol. The molecule has 3 unspecified atom stereocenters. The van der Waals surface area contributed by atoms with Gasteiger partial charge in [-0.1, -0.05) is 12.1 Å². The Morgan fingerprint density at radius 3 is 2.28 bits per heavy atom. The van der Waals surface area contributed by atoms with Crippen molar-refractivity contribution in [2.24, 2.45) is 0 Å². The zero-order valence-electron chi connectivity index (χ0n) is 11.3. The first-order chi connectivity index (χ1) is 8.52. The first-order valence-corrected chi connectivity index (χ1v) is 6.26. The molecule has 0 spiro atoms. The minimum Gasteiger partial charge on any atom is -0.497 e. The largest absolute Gasteiger partial charge is 0.497 e. The van der Waals surface area contributed by atoms with Crippen molar-refractivity contribution in [3.05, 3.63) is 29.8 Å². The lowest BCUT2D eigenvalue weighted by Crippen LogP contribution is -2.32. The van der Waals surface area contributed by atoms with Gasteiger partial charge < -0.3 is 20.3 Å². The van der Waals surface area contributed by atoms with Crippen LogP contribution >= 0.6 is 0 Å². The van der Waals surface area contributed by atoms with E-state index in [1.165, 1.54) is 0 Å². The fourth-order valence-corrected chi connectivity index (χ4v) is 1.85. The molecule has 18 heavy (non-hydrogen) atoms. The van der Waals surface area contributed by atoms with Crippen LogP contribution in [0.25, 0.3) is 0 Å². The molecule has 0 heterocycles. The van der Waals surface area contributed by atoms with Gasteiger partial charge in [0.1, 0.15) is 5.75 Å². The third kappa shape index (κ3) is 5.04. The van der Waals surface area contributed by atoms with Crippen LogP contribution in [0.4, 0.5) is 0 Å². The molecule has 3 N–H and O–H groups in total. The molecule has 0 aliphatic rings. The molecule has 0 radical (unpaired) electrons. The van der Waals surface area contributed by atoms with Gasteiger partial charge in [0.15, 0.2) is 0 Å². The van der Waals surface area contributed by atoms with Crippen molar-refractivity contribution in [2.75, 3.05) is 13.7 Å². The van der Waals surface area contributed by atoms with Crippen LogP contribution in [-0.4, -0.2) is 36.0 Å². The summed E-state index contributed by atoms with van der Waals surface area (Å²) < 4.78 is 5.07. The molecule has 1 rings (SSSR count). The molecule has 0 bridgehead atoms. The minimum atomic E-state index is -0.549. The Morgan fingerprint density at radius 2 is 1.78 bits per heavy atom. The summed E-state index contributed by atoms with van der Waals surface area (Å²) in [5.41, 5.74) is 0.854. The zero-order valence-corrected chi connectivity index (χ0v) is 11.3. The number of methoxy groups -OCH3 is 1. The third-order valence-corrected chi connectivity index (χ3v) is 2.85. The van der Waals surface area contributed by atoms with E-state index in [2.05, 4.69) is 5.32 Å². The maximum absolute atomic E-state index is 10.0. The van der Waals surface area contributed by atoms with Gasteiger partial charge in [0.25, 0.3) is 0 Å². The molecular formula is C14H23NO3. The quantitative estimate of drug-likeness (QED) is 0.689. The lowest BCUT2D eigenvalue weighted by Gasteiger charge is -2.18. The predicted octanol–water partition coefficient (Wildman–Crippen LogP) is 1.48. The van der Waals surface area contributed by atoms with Crippen LogP contribution in [-0.2, 0) is 0 Å². The van der Waals surface area contributed by atoms with E-state index in [4.69, 9.17) is 4.74 Å². The number of hydrogen-bond donors (Lipinski definition) is 3. The van der Waals surface area contributed by atoms with E-state index in [1.807, 2.05) is 31.2 Å². The van der Waals surface area contributed by atoms with Gasteiger partial charge in [-0.2, -0.15) is 0 Å². The predicted molar refractivity (Wildman–Crippen MR) is 71.7 cm³/mol. The summed E-state index contributed by atoms with van der Waals surface area (Å²) in [5.74, 6) is 0.779. The van der Waals surface area contributed by atoms with Gasteiger partial charge in [-0.15, -0.1) is 0 Å². The third-order valence-electron chi connectivity index (χ3n) is 2.85. The molecule has 0 aromatic heterocycles. The van der Waals surface area contributed by atoms with E-state index < -0.39 is 6.10 Å². The Labute approximate surface area is 109 Å². The van der Waals surface area contributed by atoms with Crippen molar-refractivity contribution < 1.29 is 14.9 Å². The lowest BCUT2D eigenvalue weighted by molar-refractivity contribution is 0.149. The Morgan fingerprint density at radius 1 is 1.17 bits per heavy atom. The van der Waals surface area contributed by atoms with E-state index in [0.29, 0.717) is 13.0 Å². The molecule has 0 aliphatic carbocycles. The maximum Gasteiger partial charge on any atom is 0.118 e. The first-order valence-electron chi connectivity index (χ1n) is 6.26. The summed E-state index contributed by atoms with van der Waals surface area (Å²) in [7, 11) is 1.62. The van der Waals surface area contributed by atoms with Gasteiger partial charge in [0, 0.05) is 12.6 Å². The molecular weight excluding hydrogens is 230 g/mol. The standard InChI is InChI=1S/C14H23NO3/c1-10(8-11(2)16)15-9-14(17)12-4-6-13(18-3)7-5-12/h4-7,10-11,14-17H,8-9H2,1-3H3. The van der Waals surface area contributed by atoms with Crippen LogP contribution < -0.4 is 10.1 Å². The molecule has 0 saturated heterocycles. The SMILES string of the molecule is COc1ccc(C(O)CNC(C)CC(C)O)cc1. The molecule has 0 saturated carbocycles. The summed E-state index contributed by atoms with van der Waals surface area (Å²) in [4.78, 5) is 0. The summed E-state index contributed by atoms with van der Waals surface area (Å²) in [5, 5.41) is 22.4. The molecule has 1 aromatic carbocycles. The summed E-state index contributed by atoms with van der Waals surface area (Å²) >= 11 is 0. The number of rotatable bonds is 7. The van der Waals surface area contributed by atoms with Crippen molar-refractivity contribution >= 4 is 0 Å². The number of nitrogens with one attached hydrogen (secondary N) is 1. The minimum absolute atomic E-state index is 0.179. The highest BCUT2D eigenvalue weighted by atomic mass is 16.5. The fraction of sp³-hybridized carbons (Fsp3) is 0.571. The van der Waals surface area contributed by atoms with E-state index in [1.54, 1.807) is 14.0 Å². The monoisotopic (exact) mass is 253 g/mol. The highest BCUT2D eigenvalue weighted by molar-refractivity contribution is 5.28. The molecule has 1 aromatic rings. The van der Waals surface area contributed by atoms with Gasteiger partial charge in [0.2, 0.25) is 0 Å². The van der Waals surface area contributed by atoms with Crippen molar-refractivity contribution in [3.8, 4) is 5.75 Å². The number of ether oxygens (including phenoxy) is 1. The number of hydrogen-bond acceptors (Lipinski definition) is 4. The van der Waals surface area contributed by atoms with E-state index >= 15 is 0 Å². The zero-order chi connectivity index (χ0) is 13.5. The van der Waals surface area contributed by atoms with Gasteiger partial charge >= 0.3 is 0 Å². The van der Waals surface area contributed by atoms with Gasteiger partial charge in [0.05, 0.1) is 19.3 Å². The number of benzene rings is 1. The van der Waals surface area contributed by atoms with E-state index in [9.17, 15) is 10.2 Å². The molecule has 4 heteroatoms. The highest BCUT2D eigenvalue weighted by Gasteiger charge is 2.10. The second-order valence-electron chi connectivity index (χ2n) is 4.68. The second-order valence-corrected chi connectivity index (χ2v) is 4.68. The summed E-state index contributed by atoms with van der Waals surface area (Å²) in [6.07, 6.45) is -0.201. The molecule has 0 aliphatic heterocycles. The lowest BCUT2D eigenvalue weighted by atomic mass is 10.1. The Bertz CT molecular complexity index is 337.